The van der Waals surface area contributed by atoms with E-state index < -0.39 is 0 Å². The molecule has 106 valence electrons. The van der Waals surface area contributed by atoms with E-state index in [-0.39, 0.29) is 11.3 Å². The van der Waals surface area contributed by atoms with E-state index >= 15 is 0 Å². The zero-order chi connectivity index (χ0) is 13.7. The molecule has 0 aromatic carbocycles. The second kappa shape index (κ2) is 6.19. The molecule has 19 heavy (non-hydrogen) atoms. The Hall–Kier alpha value is -1.36. The molecule has 2 rings (SSSR count). The van der Waals surface area contributed by atoms with Crippen molar-refractivity contribution in [2.24, 2.45) is 12.5 Å². The number of amides is 1. The molecule has 5 heteroatoms. The van der Waals surface area contributed by atoms with E-state index in [1.54, 1.807) is 6.20 Å². The van der Waals surface area contributed by atoms with Crippen LogP contribution in [-0.2, 0) is 18.4 Å². The van der Waals surface area contributed by atoms with Crippen molar-refractivity contribution in [3.63, 3.8) is 0 Å². The Bertz CT molecular complexity index is 415. The van der Waals surface area contributed by atoms with Gasteiger partial charge in [0.1, 0.15) is 5.82 Å². The summed E-state index contributed by atoms with van der Waals surface area (Å²) in [5.74, 6) is 1.09. The van der Waals surface area contributed by atoms with Crippen LogP contribution in [0.3, 0.4) is 0 Å². The second-order valence-corrected chi connectivity index (χ2v) is 5.42. The number of hydrogen-bond donors (Lipinski definition) is 2. The number of hydrogen-bond acceptors (Lipinski definition) is 3. The number of aromatic nitrogens is 2. The molecule has 0 atom stereocenters. The highest BCUT2D eigenvalue weighted by Gasteiger charge is 2.38. The minimum Gasteiger partial charge on any atom is -0.348 e. The maximum Gasteiger partial charge on any atom is 0.226 e. The highest BCUT2D eigenvalue weighted by Crippen LogP contribution is 2.34. The summed E-state index contributed by atoms with van der Waals surface area (Å²) in [7, 11) is 1.95. The molecule has 1 aliphatic heterocycles. The summed E-state index contributed by atoms with van der Waals surface area (Å²) in [5.41, 5.74) is -0.175. The number of carbonyl (C=O) groups excluding carboxylic acids is 1. The van der Waals surface area contributed by atoms with Gasteiger partial charge in [-0.15, -0.1) is 0 Å². The van der Waals surface area contributed by atoms with Gasteiger partial charge in [0.25, 0.3) is 0 Å². The lowest BCUT2D eigenvalue weighted by atomic mass is 9.74. The summed E-state index contributed by atoms with van der Waals surface area (Å²) in [6.07, 6.45) is 7.55. The topological polar surface area (TPSA) is 59.0 Å². The van der Waals surface area contributed by atoms with Gasteiger partial charge in [0.15, 0.2) is 0 Å². The highest BCUT2D eigenvalue weighted by atomic mass is 16.2. The van der Waals surface area contributed by atoms with E-state index in [9.17, 15) is 4.79 Å². The average molecular weight is 264 g/mol. The van der Waals surface area contributed by atoms with Crippen molar-refractivity contribution in [3.05, 3.63) is 18.2 Å². The van der Waals surface area contributed by atoms with Gasteiger partial charge in [0.05, 0.1) is 12.0 Å². The number of rotatable bonds is 5. The lowest BCUT2D eigenvalue weighted by Gasteiger charge is -2.36. The third-order valence-electron chi connectivity index (χ3n) is 4.10. The van der Waals surface area contributed by atoms with Gasteiger partial charge in [0.2, 0.25) is 5.91 Å². The van der Waals surface area contributed by atoms with Crippen molar-refractivity contribution >= 4 is 5.91 Å². The first-order valence-electron chi connectivity index (χ1n) is 7.13. The Morgan fingerprint density at radius 3 is 2.84 bits per heavy atom. The largest absolute Gasteiger partial charge is 0.348 e. The summed E-state index contributed by atoms with van der Waals surface area (Å²) in [5, 5.41) is 6.41. The standard InChI is InChI=1S/C14H24N4O/c1-3-4-14(5-7-15-8-6-14)13(19)17-11-12-16-9-10-18(12)2/h9-10,15H,3-8,11H2,1-2H3,(H,17,19). The van der Waals surface area contributed by atoms with Gasteiger partial charge in [-0.25, -0.2) is 4.98 Å². The van der Waals surface area contributed by atoms with Gasteiger partial charge < -0.3 is 15.2 Å². The van der Waals surface area contributed by atoms with Crippen LogP contribution in [-0.4, -0.2) is 28.5 Å². The molecule has 2 N–H and O–H groups in total. The highest BCUT2D eigenvalue weighted by molar-refractivity contribution is 5.82. The molecule has 2 heterocycles. The molecule has 1 amide bonds. The van der Waals surface area contributed by atoms with Gasteiger partial charge in [-0.2, -0.15) is 0 Å². The third kappa shape index (κ3) is 3.15. The molecule has 0 bridgehead atoms. The maximum absolute atomic E-state index is 12.5. The molecule has 1 aliphatic rings. The van der Waals surface area contributed by atoms with Crippen molar-refractivity contribution in [3.8, 4) is 0 Å². The molecule has 1 fully saturated rings. The molecule has 0 radical (unpaired) electrons. The van der Waals surface area contributed by atoms with Gasteiger partial charge in [-0.3, -0.25) is 4.79 Å². The Kier molecular flexibility index (Phi) is 4.58. The molecule has 5 nitrogen and oxygen atoms in total. The molecule has 0 aliphatic carbocycles. The van der Waals surface area contributed by atoms with Gasteiger partial charge in [-0.05, 0) is 32.4 Å². The molecule has 1 aromatic rings. The molecule has 0 spiro atoms. The van der Waals surface area contributed by atoms with Crippen LogP contribution in [0.4, 0.5) is 0 Å². The summed E-state index contributed by atoms with van der Waals surface area (Å²) in [4.78, 5) is 16.8. The minimum atomic E-state index is -0.175. The third-order valence-corrected chi connectivity index (χ3v) is 4.10. The van der Waals surface area contributed by atoms with E-state index in [4.69, 9.17) is 0 Å². The van der Waals surface area contributed by atoms with E-state index in [2.05, 4.69) is 22.5 Å². The lowest BCUT2D eigenvalue weighted by molar-refractivity contribution is -0.133. The molecule has 1 saturated heterocycles. The smallest absolute Gasteiger partial charge is 0.226 e. The maximum atomic E-state index is 12.5. The molecular formula is C14H24N4O. The summed E-state index contributed by atoms with van der Waals surface area (Å²) in [6, 6.07) is 0. The van der Waals surface area contributed by atoms with Crippen LogP contribution in [0.5, 0.6) is 0 Å². The van der Waals surface area contributed by atoms with Crippen molar-refractivity contribution < 1.29 is 4.79 Å². The Balaban J connectivity index is 1.97. The van der Waals surface area contributed by atoms with E-state index in [1.165, 1.54) is 0 Å². The van der Waals surface area contributed by atoms with Gasteiger partial charge >= 0.3 is 0 Å². The van der Waals surface area contributed by atoms with Crippen LogP contribution in [0.25, 0.3) is 0 Å². The van der Waals surface area contributed by atoms with Crippen LogP contribution in [0.15, 0.2) is 12.4 Å². The number of nitrogens with one attached hydrogen (secondary N) is 2. The Morgan fingerprint density at radius 1 is 1.53 bits per heavy atom. The summed E-state index contributed by atoms with van der Waals surface area (Å²) >= 11 is 0. The zero-order valence-electron chi connectivity index (χ0n) is 11.9. The summed E-state index contributed by atoms with van der Waals surface area (Å²) < 4.78 is 1.94. The SMILES string of the molecule is CCCC1(C(=O)NCc2nccn2C)CCNCC1. The monoisotopic (exact) mass is 264 g/mol. The number of nitrogens with zero attached hydrogens (tertiary/aromatic N) is 2. The first-order chi connectivity index (χ1) is 9.18. The molecule has 0 saturated carbocycles. The van der Waals surface area contributed by atoms with Gasteiger partial charge in [-0.1, -0.05) is 13.3 Å². The van der Waals surface area contributed by atoms with E-state index in [1.807, 2.05) is 17.8 Å². The van der Waals surface area contributed by atoms with Crippen molar-refractivity contribution in [2.45, 2.75) is 39.2 Å². The predicted molar refractivity (Wildman–Crippen MR) is 74.5 cm³/mol. The van der Waals surface area contributed by atoms with Crippen LogP contribution in [0.2, 0.25) is 0 Å². The normalized spacial score (nSPS) is 18.2. The minimum absolute atomic E-state index is 0.175. The first kappa shape index (κ1) is 14.1. The van der Waals surface area contributed by atoms with Crippen LogP contribution < -0.4 is 10.6 Å². The van der Waals surface area contributed by atoms with E-state index in [0.29, 0.717) is 6.54 Å². The number of carbonyl (C=O) groups is 1. The molecule has 0 unspecified atom stereocenters. The zero-order valence-corrected chi connectivity index (χ0v) is 11.9. The van der Waals surface area contributed by atoms with Crippen molar-refractivity contribution in [1.82, 2.24) is 20.2 Å². The second-order valence-electron chi connectivity index (χ2n) is 5.42. The molecule has 1 aromatic heterocycles. The first-order valence-corrected chi connectivity index (χ1v) is 7.13. The van der Waals surface area contributed by atoms with Crippen LogP contribution in [0, 0.1) is 5.41 Å². The number of piperidine rings is 1. The average Bonchev–Trinajstić information content (AvgIpc) is 2.83. The summed E-state index contributed by atoms with van der Waals surface area (Å²) in [6.45, 7) is 4.54. The lowest BCUT2D eigenvalue weighted by Crippen LogP contribution is -2.47. The van der Waals surface area contributed by atoms with Crippen LogP contribution in [0.1, 0.15) is 38.4 Å². The number of aryl methyl sites for hydroxylation is 1. The van der Waals surface area contributed by atoms with Gasteiger partial charge in [0, 0.05) is 19.4 Å². The number of imidazole rings is 1. The van der Waals surface area contributed by atoms with Crippen molar-refractivity contribution in [1.29, 1.82) is 0 Å². The Morgan fingerprint density at radius 2 is 2.26 bits per heavy atom. The molecular weight excluding hydrogens is 240 g/mol. The fraction of sp³-hybridized carbons (Fsp3) is 0.714. The van der Waals surface area contributed by atoms with E-state index in [0.717, 1.165) is 44.6 Å². The fourth-order valence-electron chi connectivity index (χ4n) is 2.89. The van der Waals surface area contributed by atoms with Crippen molar-refractivity contribution in [2.75, 3.05) is 13.1 Å². The van der Waals surface area contributed by atoms with Crippen LogP contribution >= 0.6 is 0 Å². The quantitative estimate of drug-likeness (QED) is 0.840. The fourth-order valence-corrected chi connectivity index (χ4v) is 2.89. The Labute approximate surface area is 114 Å². The predicted octanol–water partition coefficient (Wildman–Crippen LogP) is 1.21.